The van der Waals surface area contributed by atoms with E-state index in [1.807, 2.05) is 0 Å². The van der Waals surface area contributed by atoms with E-state index in [2.05, 4.69) is 5.32 Å². The first-order chi connectivity index (χ1) is 9.88. The number of carbonyl (C=O) groups is 2. The van der Waals surface area contributed by atoms with Crippen LogP contribution >= 0.6 is 0 Å². The zero-order valence-corrected chi connectivity index (χ0v) is 10.6. The van der Waals surface area contributed by atoms with E-state index >= 15 is 0 Å². The van der Waals surface area contributed by atoms with Crippen molar-refractivity contribution in [3.8, 4) is 0 Å². The van der Waals surface area contributed by atoms with Gasteiger partial charge in [-0.2, -0.15) is 0 Å². The minimum absolute atomic E-state index is 0.0351. The number of hydrogen-bond donors (Lipinski definition) is 3. The Labute approximate surface area is 118 Å². The summed E-state index contributed by atoms with van der Waals surface area (Å²) in [7, 11) is 0. The number of carbonyl (C=O) groups excluding carboxylic acids is 1. The lowest BCUT2D eigenvalue weighted by atomic mass is 10.1. The van der Waals surface area contributed by atoms with Crippen molar-refractivity contribution in [2.45, 2.75) is 0 Å². The molecule has 0 fully saturated rings. The number of rotatable bonds is 3. The number of benzene rings is 2. The number of aromatic carboxylic acids is 1. The minimum atomic E-state index is -1.41. The molecule has 0 aliphatic rings. The monoisotopic (exact) mass is 292 g/mol. The molecule has 2 aromatic rings. The Balaban J connectivity index is 2.36. The van der Waals surface area contributed by atoms with Gasteiger partial charge in [0.1, 0.15) is 11.6 Å². The lowest BCUT2D eigenvalue weighted by Gasteiger charge is -2.10. The number of carboxylic acid groups (broad SMARTS) is 1. The number of halogens is 2. The fraction of sp³-hybridized carbons (Fsp3) is 0. The van der Waals surface area contributed by atoms with Crippen molar-refractivity contribution in [2.75, 3.05) is 11.1 Å². The van der Waals surface area contributed by atoms with E-state index in [4.69, 9.17) is 10.8 Å². The van der Waals surface area contributed by atoms with Gasteiger partial charge in [-0.05, 0) is 36.4 Å². The Kier molecular flexibility index (Phi) is 3.84. The summed E-state index contributed by atoms with van der Waals surface area (Å²) in [6, 6.07) is 6.10. The molecular weight excluding hydrogens is 282 g/mol. The van der Waals surface area contributed by atoms with E-state index in [1.54, 1.807) is 0 Å². The number of carboxylic acids is 1. The summed E-state index contributed by atoms with van der Waals surface area (Å²) in [5.74, 6) is -3.61. The first kappa shape index (κ1) is 14.4. The van der Waals surface area contributed by atoms with Crippen LogP contribution in [0.15, 0.2) is 36.4 Å². The van der Waals surface area contributed by atoms with Crippen LogP contribution in [-0.4, -0.2) is 17.0 Å². The Hall–Kier alpha value is -2.96. The molecule has 0 saturated carbocycles. The van der Waals surface area contributed by atoms with E-state index in [-0.39, 0.29) is 16.9 Å². The van der Waals surface area contributed by atoms with Crippen LogP contribution in [0.25, 0.3) is 0 Å². The Morgan fingerprint density at radius 1 is 1.00 bits per heavy atom. The second-order valence-corrected chi connectivity index (χ2v) is 4.18. The van der Waals surface area contributed by atoms with E-state index in [0.29, 0.717) is 0 Å². The van der Waals surface area contributed by atoms with Crippen LogP contribution in [0.4, 0.5) is 20.2 Å². The average Bonchev–Trinajstić information content (AvgIpc) is 2.43. The smallest absolute Gasteiger partial charge is 0.337 e. The molecule has 2 aromatic carbocycles. The van der Waals surface area contributed by atoms with Crippen LogP contribution in [0.5, 0.6) is 0 Å². The highest BCUT2D eigenvalue weighted by atomic mass is 19.1. The van der Waals surface area contributed by atoms with E-state index in [0.717, 1.165) is 30.3 Å². The third-order valence-corrected chi connectivity index (χ3v) is 2.72. The molecule has 108 valence electrons. The highest BCUT2D eigenvalue weighted by Gasteiger charge is 2.16. The van der Waals surface area contributed by atoms with Crippen LogP contribution in [0.3, 0.4) is 0 Å². The molecule has 1 amide bonds. The number of anilines is 2. The summed E-state index contributed by atoms with van der Waals surface area (Å²) in [6.45, 7) is 0. The van der Waals surface area contributed by atoms with Crippen molar-refractivity contribution in [2.24, 2.45) is 0 Å². The van der Waals surface area contributed by atoms with Gasteiger partial charge in [-0.1, -0.05) is 0 Å². The molecule has 0 aromatic heterocycles. The second-order valence-electron chi connectivity index (χ2n) is 4.18. The number of nitrogens with one attached hydrogen (secondary N) is 1. The average molecular weight is 292 g/mol. The summed E-state index contributed by atoms with van der Waals surface area (Å²) < 4.78 is 26.2. The fourth-order valence-electron chi connectivity index (χ4n) is 1.72. The summed E-state index contributed by atoms with van der Waals surface area (Å²) >= 11 is 0. The topological polar surface area (TPSA) is 92.4 Å². The SMILES string of the molecule is Nc1ccc(F)cc1C(=O)Nc1ccc(F)cc1C(=O)O. The third kappa shape index (κ3) is 3.14. The molecule has 0 unspecified atom stereocenters. The van der Waals surface area contributed by atoms with Crippen molar-refractivity contribution in [3.63, 3.8) is 0 Å². The number of hydrogen-bond acceptors (Lipinski definition) is 3. The van der Waals surface area contributed by atoms with E-state index in [9.17, 15) is 18.4 Å². The normalized spacial score (nSPS) is 10.2. The molecule has 4 N–H and O–H groups in total. The quantitative estimate of drug-likeness (QED) is 0.758. The van der Waals surface area contributed by atoms with Gasteiger partial charge in [0.05, 0.1) is 16.8 Å². The maximum Gasteiger partial charge on any atom is 0.337 e. The Morgan fingerprint density at radius 2 is 1.57 bits per heavy atom. The fourth-order valence-corrected chi connectivity index (χ4v) is 1.72. The minimum Gasteiger partial charge on any atom is -0.478 e. The zero-order valence-electron chi connectivity index (χ0n) is 10.6. The number of amides is 1. The van der Waals surface area contributed by atoms with Crippen molar-refractivity contribution in [1.82, 2.24) is 0 Å². The molecule has 0 saturated heterocycles. The lowest BCUT2D eigenvalue weighted by Crippen LogP contribution is -2.16. The van der Waals surface area contributed by atoms with Gasteiger partial charge in [0.2, 0.25) is 0 Å². The van der Waals surface area contributed by atoms with E-state index in [1.165, 1.54) is 6.07 Å². The third-order valence-electron chi connectivity index (χ3n) is 2.72. The maximum atomic E-state index is 13.1. The Bertz CT molecular complexity index is 732. The molecule has 0 bridgehead atoms. The zero-order chi connectivity index (χ0) is 15.6. The summed E-state index contributed by atoms with van der Waals surface area (Å²) in [5, 5.41) is 11.2. The summed E-state index contributed by atoms with van der Waals surface area (Å²) in [4.78, 5) is 23.0. The van der Waals surface area contributed by atoms with Gasteiger partial charge in [0, 0.05) is 5.69 Å². The summed E-state index contributed by atoms with van der Waals surface area (Å²) in [5.41, 5.74) is 4.92. The van der Waals surface area contributed by atoms with E-state index < -0.39 is 29.1 Å². The summed E-state index contributed by atoms with van der Waals surface area (Å²) in [6.07, 6.45) is 0. The highest BCUT2D eigenvalue weighted by Crippen LogP contribution is 2.20. The van der Waals surface area contributed by atoms with Gasteiger partial charge in [-0.15, -0.1) is 0 Å². The van der Waals surface area contributed by atoms with Crippen LogP contribution < -0.4 is 11.1 Å². The van der Waals surface area contributed by atoms with Crippen molar-refractivity contribution >= 4 is 23.3 Å². The molecule has 0 aliphatic heterocycles. The second kappa shape index (κ2) is 5.58. The molecule has 0 heterocycles. The van der Waals surface area contributed by atoms with Crippen LogP contribution in [0, 0.1) is 11.6 Å². The lowest BCUT2D eigenvalue weighted by molar-refractivity contribution is 0.0697. The molecule has 21 heavy (non-hydrogen) atoms. The molecule has 2 rings (SSSR count). The first-order valence-electron chi connectivity index (χ1n) is 5.77. The first-order valence-corrected chi connectivity index (χ1v) is 5.77. The molecule has 0 radical (unpaired) electrons. The predicted molar refractivity (Wildman–Crippen MR) is 72.1 cm³/mol. The van der Waals surface area contributed by atoms with Crippen LogP contribution in [0.2, 0.25) is 0 Å². The van der Waals surface area contributed by atoms with Gasteiger partial charge in [-0.25, -0.2) is 13.6 Å². The largest absolute Gasteiger partial charge is 0.478 e. The van der Waals surface area contributed by atoms with Gasteiger partial charge in [0.25, 0.3) is 5.91 Å². The molecular formula is C14H10F2N2O3. The highest BCUT2D eigenvalue weighted by molar-refractivity contribution is 6.10. The standard InChI is InChI=1S/C14H10F2N2O3/c15-7-1-3-11(17)9(5-7)13(19)18-12-4-2-8(16)6-10(12)14(20)21/h1-6H,17H2,(H,18,19)(H,20,21). The van der Waals surface area contributed by atoms with Crippen molar-refractivity contribution < 1.29 is 23.5 Å². The van der Waals surface area contributed by atoms with Crippen molar-refractivity contribution in [1.29, 1.82) is 0 Å². The Morgan fingerprint density at radius 3 is 2.19 bits per heavy atom. The molecule has 0 spiro atoms. The van der Waals surface area contributed by atoms with Crippen molar-refractivity contribution in [3.05, 3.63) is 59.2 Å². The molecule has 5 nitrogen and oxygen atoms in total. The molecule has 0 aliphatic carbocycles. The van der Waals surface area contributed by atoms with Gasteiger partial charge in [0.15, 0.2) is 0 Å². The van der Waals surface area contributed by atoms with Gasteiger partial charge in [-0.3, -0.25) is 4.79 Å². The van der Waals surface area contributed by atoms with Gasteiger partial charge < -0.3 is 16.2 Å². The van der Waals surface area contributed by atoms with Gasteiger partial charge >= 0.3 is 5.97 Å². The maximum absolute atomic E-state index is 13.1. The van der Waals surface area contributed by atoms with Crippen LogP contribution in [0.1, 0.15) is 20.7 Å². The predicted octanol–water partition coefficient (Wildman–Crippen LogP) is 2.50. The number of nitrogens with two attached hydrogens (primary N) is 1. The number of nitrogen functional groups attached to an aromatic ring is 1. The molecule has 0 atom stereocenters. The van der Waals surface area contributed by atoms with Crippen LogP contribution in [-0.2, 0) is 0 Å². The molecule has 7 heteroatoms.